The number of benzene rings is 1. The number of ether oxygens (including phenoxy) is 1. The second-order valence-electron chi connectivity index (χ2n) is 4.67. The molecule has 19 heavy (non-hydrogen) atoms. The van der Waals surface area contributed by atoms with Crippen LogP contribution < -0.4 is 0 Å². The van der Waals surface area contributed by atoms with Gasteiger partial charge in [0.2, 0.25) is 0 Å². The van der Waals surface area contributed by atoms with Crippen molar-refractivity contribution >= 4 is 27.3 Å². The number of aromatic nitrogens is 1. The fourth-order valence-electron chi connectivity index (χ4n) is 2.16. The van der Waals surface area contributed by atoms with Gasteiger partial charge in [0.15, 0.2) is 0 Å². The highest BCUT2D eigenvalue weighted by Crippen LogP contribution is 2.32. The minimum atomic E-state index is 0.111. The fraction of sp³-hybridized carbons (Fsp3) is 0.357. The molecule has 1 fully saturated rings. The lowest BCUT2D eigenvalue weighted by Crippen LogP contribution is -2.35. The van der Waals surface area contributed by atoms with Crippen molar-refractivity contribution in [1.29, 1.82) is 0 Å². The van der Waals surface area contributed by atoms with E-state index in [9.17, 15) is 0 Å². The molecule has 100 valence electrons. The molecule has 2 heterocycles. The summed E-state index contributed by atoms with van der Waals surface area (Å²) in [5.74, 6) is 0. The number of hydrogen-bond acceptors (Lipinski definition) is 4. The molecule has 0 amide bonds. The molecule has 1 aromatic carbocycles. The van der Waals surface area contributed by atoms with Crippen LogP contribution in [0.1, 0.15) is 11.1 Å². The van der Waals surface area contributed by atoms with Gasteiger partial charge in [-0.15, -0.1) is 11.3 Å². The van der Waals surface area contributed by atoms with Crippen LogP contribution in [-0.4, -0.2) is 36.6 Å². The molecule has 1 atom stereocenters. The summed E-state index contributed by atoms with van der Waals surface area (Å²) in [6.07, 6.45) is 0.111. The summed E-state index contributed by atoms with van der Waals surface area (Å²) in [6, 6.07) is 8.17. The van der Waals surface area contributed by atoms with E-state index in [1.807, 2.05) is 18.2 Å². The largest absolute Gasteiger partial charge is 0.368 e. The number of halogens is 1. The van der Waals surface area contributed by atoms with Crippen LogP contribution in [-0.2, 0) is 4.74 Å². The lowest BCUT2D eigenvalue weighted by Gasteiger charge is -2.28. The molecule has 3 nitrogen and oxygen atoms in total. The summed E-state index contributed by atoms with van der Waals surface area (Å²) in [5, 5.41) is 3.17. The van der Waals surface area contributed by atoms with Crippen molar-refractivity contribution in [3.05, 3.63) is 39.1 Å². The maximum absolute atomic E-state index is 5.81. The van der Waals surface area contributed by atoms with Gasteiger partial charge in [0, 0.05) is 28.5 Å². The third kappa shape index (κ3) is 2.89. The molecule has 5 heteroatoms. The molecule has 1 aliphatic rings. The predicted molar refractivity (Wildman–Crippen MR) is 81.4 cm³/mol. The number of rotatable bonds is 2. The normalized spacial score (nSPS) is 20.6. The van der Waals surface area contributed by atoms with Crippen LogP contribution in [0.25, 0.3) is 11.3 Å². The van der Waals surface area contributed by atoms with E-state index < -0.39 is 0 Å². The van der Waals surface area contributed by atoms with Crippen LogP contribution >= 0.6 is 27.3 Å². The second-order valence-corrected chi connectivity index (χ2v) is 6.42. The quantitative estimate of drug-likeness (QED) is 0.836. The Kier molecular flexibility index (Phi) is 3.98. The van der Waals surface area contributed by atoms with Crippen molar-refractivity contribution in [2.75, 3.05) is 26.7 Å². The summed E-state index contributed by atoms with van der Waals surface area (Å²) in [6.45, 7) is 2.70. The molecule has 0 N–H and O–H groups in total. The van der Waals surface area contributed by atoms with Gasteiger partial charge in [0.1, 0.15) is 11.1 Å². The van der Waals surface area contributed by atoms with Crippen LogP contribution in [0.5, 0.6) is 0 Å². The Bertz CT molecular complexity index is 572. The summed E-state index contributed by atoms with van der Waals surface area (Å²) in [4.78, 5) is 7.02. The topological polar surface area (TPSA) is 25.4 Å². The van der Waals surface area contributed by atoms with Crippen molar-refractivity contribution in [3.63, 3.8) is 0 Å². The van der Waals surface area contributed by atoms with Gasteiger partial charge in [-0.25, -0.2) is 4.98 Å². The summed E-state index contributed by atoms with van der Waals surface area (Å²) in [7, 11) is 2.12. The van der Waals surface area contributed by atoms with Crippen molar-refractivity contribution in [3.8, 4) is 11.3 Å². The predicted octanol–water partition coefficient (Wildman–Crippen LogP) is 3.58. The zero-order chi connectivity index (χ0) is 13.2. The first kappa shape index (κ1) is 13.2. The number of hydrogen-bond donors (Lipinski definition) is 0. The van der Waals surface area contributed by atoms with Gasteiger partial charge in [-0.3, -0.25) is 0 Å². The van der Waals surface area contributed by atoms with Crippen molar-refractivity contribution in [2.45, 2.75) is 6.10 Å². The zero-order valence-electron chi connectivity index (χ0n) is 10.7. The second kappa shape index (κ2) is 5.71. The van der Waals surface area contributed by atoms with Crippen molar-refractivity contribution < 1.29 is 4.74 Å². The fourth-order valence-corrected chi connectivity index (χ4v) is 3.50. The summed E-state index contributed by atoms with van der Waals surface area (Å²) in [5.41, 5.74) is 2.15. The highest BCUT2D eigenvalue weighted by atomic mass is 79.9. The minimum absolute atomic E-state index is 0.111. The van der Waals surface area contributed by atoms with Gasteiger partial charge in [-0.05, 0) is 13.1 Å². The molecule has 0 saturated carbocycles. The first-order valence-corrected chi connectivity index (χ1v) is 7.92. The Labute approximate surface area is 125 Å². The standard InChI is InChI=1S/C14H15BrN2OS/c1-17-6-7-18-13(8-17)14-16-12(9-19-14)10-4-2-3-5-11(10)15/h2-5,9,13H,6-8H2,1H3. The third-order valence-corrected chi connectivity index (χ3v) is 4.85. The maximum atomic E-state index is 5.81. The Hall–Kier alpha value is -0.750. The highest BCUT2D eigenvalue weighted by Gasteiger charge is 2.22. The van der Waals surface area contributed by atoms with Gasteiger partial charge in [-0.2, -0.15) is 0 Å². The molecule has 3 rings (SSSR count). The molecule has 0 radical (unpaired) electrons. The smallest absolute Gasteiger partial charge is 0.124 e. The molecule has 1 unspecified atom stereocenters. The summed E-state index contributed by atoms with van der Waals surface area (Å²) >= 11 is 5.25. The number of thiazole rings is 1. The first-order valence-electron chi connectivity index (χ1n) is 6.24. The van der Waals surface area contributed by atoms with Crippen LogP contribution in [0.15, 0.2) is 34.1 Å². The van der Waals surface area contributed by atoms with Crippen LogP contribution in [0.4, 0.5) is 0 Å². The summed E-state index contributed by atoms with van der Waals surface area (Å²) < 4.78 is 6.89. The maximum Gasteiger partial charge on any atom is 0.124 e. The molecule has 1 aromatic heterocycles. The number of likely N-dealkylation sites (N-methyl/N-ethyl adjacent to an activating group) is 1. The number of nitrogens with zero attached hydrogens (tertiary/aromatic N) is 2. The van der Waals surface area contributed by atoms with Gasteiger partial charge < -0.3 is 9.64 Å². The van der Waals surface area contributed by atoms with E-state index in [1.165, 1.54) is 0 Å². The van der Waals surface area contributed by atoms with E-state index in [0.717, 1.165) is 40.4 Å². The van der Waals surface area contributed by atoms with Crippen molar-refractivity contribution in [1.82, 2.24) is 9.88 Å². The molecule has 0 spiro atoms. The number of morpholine rings is 1. The van der Waals surface area contributed by atoms with E-state index >= 15 is 0 Å². The monoisotopic (exact) mass is 338 g/mol. The molecular formula is C14H15BrN2OS. The van der Waals surface area contributed by atoms with Crippen LogP contribution in [0, 0.1) is 0 Å². The lowest BCUT2D eigenvalue weighted by molar-refractivity contribution is -0.0209. The van der Waals surface area contributed by atoms with Gasteiger partial charge >= 0.3 is 0 Å². The highest BCUT2D eigenvalue weighted by molar-refractivity contribution is 9.10. The average molecular weight is 339 g/mol. The van der Waals surface area contributed by atoms with Crippen LogP contribution in [0.3, 0.4) is 0 Å². The van der Waals surface area contributed by atoms with Gasteiger partial charge in [0.05, 0.1) is 12.3 Å². The molecule has 2 aromatic rings. The lowest BCUT2D eigenvalue weighted by atomic mass is 10.2. The van der Waals surface area contributed by atoms with E-state index in [2.05, 4.69) is 39.3 Å². The van der Waals surface area contributed by atoms with E-state index in [0.29, 0.717) is 0 Å². The van der Waals surface area contributed by atoms with E-state index in [4.69, 9.17) is 9.72 Å². The Morgan fingerprint density at radius 2 is 2.26 bits per heavy atom. The Balaban J connectivity index is 1.85. The average Bonchev–Trinajstić information content (AvgIpc) is 2.89. The molecular weight excluding hydrogens is 324 g/mol. The molecule has 1 saturated heterocycles. The first-order chi connectivity index (χ1) is 9.24. The van der Waals surface area contributed by atoms with Gasteiger partial charge in [-0.1, -0.05) is 34.1 Å². The molecule has 1 aliphatic heterocycles. The third-order valence-electron chi connectivity index (χ3n) is 3.22. The van der Waals surface area contributed by atoms with Gasteiger partial charge in [0.25, 0.3) is 0 Å². The zero-order valence-corrected chi connectivity index (χ0v) is 13.1. The minimum Gasteiger partial charge on any atom is -0.368 e. The SMILES string of the molecule is CN1CCOC(c2nc(-c3ccccc3Br)cs2)C1. The van der Waals surface area contributed by atoms with E-state index in [-0.39, 0.29) is 6.10 Å². The van der Waals surface area contributed by atoms with E-state index in [1.54, 1.807) is 11.3 Å². The Morgan fingerprint density at radius 3 is 3.05 bits per heavy atom. The van der Waals surface area contributed by atoms with Crippen molar-refractivity contribution in [2.24, 2.45) is 0 Å². The molecule has 0 bridgehead atoms. The van der Waals surface area contributed by atoms with Crippen LogP contribution in [0.2, 0.25) is 0 Å². The Morgan fingerprint density at radius 1 is 1.42 bits per heavy atom. The molecule has 0 aliphatic carbocycles.